The fourth-order valence-corrected chi connectivity index (χ4v) is 3.15. The van der Waals surface area contributed by atoms with Gasteiger partial charge in [-0.15, -0.1) is 15.3 Å². The van der Waals surface area contributed by atoms with Crippen LogP contribution in [-0.2, 0) is 10.9 Å². The molecule has 1 aliphatic rings. The van der Waals surface area contributed by atoms with Crippen molar-refractivity contribution >= 4 is 11.5 Å². The number of nitrogens with one attached hydrogen (secondary N) is 1. The molecule has 3 heterocycles. The zero-order chi connectivity index (χ0) is 18.1. The van der Waals surface area contributed by atoms with E-state index in [1.54, 1.807) is 6.07 Å². The van der Waals surface area contributed by atoms with Gasteiger partial charge in [0.15, 0.2) is 5.65 Å². The van der Waals surface area contributed by atoms with Crippen LogP contribution in [0, 0.1) is 5.92 Å². The Balaban J connectivity index is 1.51. The minimum absolute atomic E-state index is 0.0342. The van der Waals surface area contributed by atoms with Crippen molar-refractivity contribution in [3.63, 3.8) is 0 Å². The zero-order valence-electron chi connectivity index (χ0n) is 13.6. The molecular weight excluding hydrogens is 347 g/mol. The molecule has 1 N–H and O–H groups in total. The molecular formula is C17H16F3N5O. The van der Waals surface area contributed by atoms with Gasteiger partial charge >= 0.3 is 6.18 Å². The average molecular weight is 363 g/mol. The fourth-order valence-electron chi connectivity index (χ4n) is 3.15. The van der Waals surface area contributed by atoms with Crippen LogP contribution >= 0.6 is 0 Å². The van der Waals surface area contributed by atoms with Gasteiger partial charge in [-0.25, -0.2) is 0 Å². The van der Waals surface area contributed by atoms with Crippen LogP contribution in [0.15, 0.2) is 42.5 Å². The Kier molecular flexibility index (Phi) is 4.23. The first kappa shape index (κ1) is 16.8. The molecule has 136 valence electrons. The number of fused-ring (bicyclic) bond motifs is 1. The highest BCUT2D eigenvalue weighted by Gasteiger charge is 2.37. The van der Waals surface area contributed by atoms with Crippen molar-refractivity contribution in [1.29, 1.82) is 0 Å². The van der Waals surface area contributed by atoms with Gasteiger partial charge in [0.2, 0.25) is 0 Å². The van der Waals surface area contributed by atoms with Gasteiger partial charge in [-0.3, -0.25) is 0 Å². The summed E-state index contributed by atoms with van der Waals surface area (Å²) in [5.74, 6) is -0.595. The maximum Gasteiger partial charge on any atom is 0.453 e. The molecule has 26 heavy (non-hydrogen) atoms. The second-order valence-electron chi connectivity index (χ2n) is 6.14. The van der Waals surface area contributed by atoms with E-state index in [9.17, 15) is 13.2 Å². The lowest BCUT2D eigenvalue weighted by Crippen LogP contribution is -2.19. The molecule has 0 unspecified atom stereocenters. The number of benzene rings is 1. The maximum atomic E-state index is 13.0. The van der Waals surface area contributed by atoms with E-state index in [0.717, 1.165) is 12.0 Å². The SMILES string of the molecule is FC(F)(F)c1nnc2ccc(NC[C@H]3CCO[C@@H]3c3ccccc3)nn12. The fraction of sp³-hybridized carbons (Fsp3) is 0.353. The summed E-state index contributed by atoms with van der Waals surface area (Å²) < 4.78 is 45.4. The van der Waals surface area contributed by atoms with Gasteiger partial charge < -0.3 is 10.1 Å². The van der Waals surface area contributed by atoms with Crippen LogP contribution in [0.5, 0.6) is 0 Å². The molecule has 0 radical (unpaired) electrons. The summed E-state index contributed by atoms with van der Waals surface area (Å²) >= 11 is 0. The third-order valence-corrected chi connectivity index (χ3v) is 4.40. The topological polar surface area (TPSA) is 64.3 Å². The molecule has 0 saturated carbocycles. The number of ether oxygens (including phenoxy) is 1. The number of aromatic nitrogens is 4. The van der Waals surface area contributed by atoms with Crippen molar-refractivity contribution in [1.82, 2.24) is 19.8 Å². The predicted molar refractivity (Wildman–Crippen MR) is 87.5 cm³/mol. The number of alkyl halides is 3. The van der Waals surface area contributed by atoms with Gasteiger partial charge in [0.1, 0.15) is 5.82 Å². The molecule has 1 saturated heterocycles. The predicted octanol–water partition coefficient (Wildman–Crippen LogP) is 3.33. The Hall–Kier alpha value is -2.68. The van der Waals surface area contributed by atoms with E-state index in [1.807, 2.05) is 30.3 Å². The van der Waals surface area contributed by atoms with E-state index >= 15 is 0 Å². The molecule has 4 rings (SSSR count). The second-order valence-corrected chi connectivity index (χ2v) is 6.14. The lowest BCUT2D eigenvalue weighted by molar-refractivity contribution is -0.146. The minimum atomic E-state index is -4.61. The molecule has 2 atom stereocenters. The molecule has 3 aromatic rings. The standard InChI is InChI=1S/C17H16F3N5O/c18-17(19,20)16-23-22-14-7-6-13(24-25(14)16)21-10-12-8-9-26-15(12)11-4-2-1-3-5-11/h1-7,12,15H,8-10H2,(H,21,24)/t12-,15-/m1/s1. The first-order valence-corrected chi connectivity index (χ1v) is 8.22. The smallest absolute Gasteiger partial charge is 0.373 e. The third kappa shape index (κ3) is 3.22. The van der Waals surface area contributed by atoms with Crippen LogP contribution < -0.4 is 5.32 Å². The molecule has 0 spiro atoms. The van der Waals surface area contributed by atoms with Gasteiger partial charge in [0.25, 0.3) is 5.82 Å². The Morgan fingerprint density at radius 3 is 2.69 bits per heavy atom. The quantitative estimate of drug-likeness (QED) is 0.770. The summed E-state index contributed by atoms with van der Waals surface area (Å²) in [6.45, 7) is 1.20. The first-order valence-electron chi connectivity index (χ1n) is 8.22. The highest BCUT2D eigenvalue weighted by Crippen LogP contribution is 2.34. The van der Waals surface area contributed by atoms with Crippen molar-refractivity contribution in [2.24, 2.45) is 5.92 Å². The lowest BCUT2D eigenvalue weighted by Gasteiger charge is -2.19. The zero-order valence-corrected chi connectivity index (χ0v) is 13.6. The van der Waals surface area contributed by atoms with Crippen LogP contribution in [-0.4, -0.2) is 33.0 Å². The number of nitrogens with zero attached hydrogens (tertiary/aromatic N) is 4. The number of rotatable bonds is 4. The molecule has 1 aromatic carbocycles. The highest BCUT2D eigenvalue weighted by atomic mass is 19.4. The Labute approximate surface area is 147 Å². The molecule has 9 heteroatoms. The highest BCUT2D eigenvalue weighted by molar-refractivity contribution is 5.44. The average Bonchev–Trinajstić information content (AvgIpc) is 3.26. The third-order valence-electron chi connectivity index (χ3n) is 4.40. The van der Waals surface area contributed by atoms with E-state index in [4.69, 9.17) is 4.74 Å². The normalized spacial score (nSPS) is 20.6. The van der Waals surface area contributed by atoms with Gasteiger partial charge in [0, 0.05) is 19.1 Å². The summed E-state index contributed by atoms with van der Waals surface area (Å²) in [5, 5.41) is 13.8. The molecule has 1 aliphatic heterocycles. The number of hydrogen-bond donors (Lipinski definition) is 1. The summed E-state index contributed by atoms with van der Waals surface area (Å²) in [6.07, 6.45) is -3.77. The van der Waals surface area contributed by atoms with E-state index in [0.29, 0.717) is 23.5 Å². The monoisotopic (exact) mass is 363 g/mol. The van der Waals surface area contributed by atoms with Crippen molar-refractivity contribution in [2.75, 3.05) is 18.5 Å². The largest absolute Gasteiger partial charge is 0.453 e. The second kappa shape index (κ2) is 6.56. The number of halogens is 3. The Morgan fingerprint density at radius 2 is 1.92 bits per heavy atom. The van der Waals surface area contributed by atoms with Gasteiger partial charge in [-0.05, 0) is 24.1 Å². The van der Waals surface area contributed by atoms with Crippen LogP contribution in [0.1, 0.15) is 23.9 Å². The minimum Gasteiger partial charge on any atom is -0.373 e. The Bertz CT molecular complexity index is 896. The van der Waals surface area contributed by atoms with Crippen molar-refractivity contribution < 1.29 is 17.9 Å². The number of anilines is 1. The summed E-state index contributed by atoms with van der Waals surface area (Å²) in [7, 11) is 0. The molecule has 0 bridgehead atoms. The van der Waals surface area contributed by atoms with E-state index in [2.05, 4.69) is 20.6 Å². The summed E-state index contributed by atoms with van der Waals surface area (Å²) in [4.78, 5) is 0. The van der Waals surface area contributed by atoms with Crippen LogP contribution in [0.3, 0.4) is 0 Å². The van der Waals surface area contributed by atoms with E-state index in [1.165, 1.54) is 6.07 Å². The van der Waals surface area contributed by atoms with Gasteiger partial charge in [-0.1, -0.05) is 30.3 Å². The van der Waals surface area contributed by atoms with Gasteiger partial charge in [0.05, 0.1) is 6.10 Å². The number of hydrogen-bond acceptors (Lipinski definition) is 5. The van der Waals surface area contributed by atoms with Crippen molar-refractivity contribution in [3.05, 3.63) is 53.9 Å². The molecule has 1 fully saturated rings. The van der Waals surface area contributed by atoms with E-state index < -0.39 is 12.0 Å². The Morgan fingerprint density at radius 1 is 1.12 bits per heavy atom. The van der Waals surface area contributed by atoms with Crippen LogP contribution in [0.25, 0.3) is 5.65 Å². The molecule has 6 nitrogen and oxygen atoms in total. The van der Waals surface area contributed by atoms with Crippen molar-refractivity contribution in [3.8, 4) is 0 Å². The maximum absolute atomic E-state index is 13.0. The van der Waals surface area contributed by atoms with Crippen LogP contribution in [0.2, 0.25) is 0 Å². The molecule has 0 aliphatic carbocycles. The molecule has 0 amide bonds. The lowest BCUT2D eigenvalue weighted by atomic mass is 9.95. The van der Waals surface area contributed by atoms with Gasteiger partial charge in [-0.2, -0.15) is 17.7 Å². The summed E-state index contributed by atoms with van der Waals surface area (Å²) in [5.41, 5.74) is 1.15. The van der Waals surface area contributed by atoms with Crippen LogP contribution in [0.4, 0.5) is 19.0 Å². The molecule has 2 aromatic heterocycles. The first-order chi connectivity index (χ1) is 12.5. The van der Waals surface area contributed by atoms with E-state index in [-0.39, 0.29) is 17.7 Å². The summed E-state index contributed by atoms with van der Waals surface area (Å²) in [6, 6.07) is 12.9. The van der Waals surface area contributed by atoms with Crippen molar-refractivity contribution in [2.45, 2.75) is 18.7 Å².